The van der Waals surface area contributed by atoms with Gasteiger partial charge in [0.2, 0.25) is 0 Å². The first-order valence-corrected chi connectivity index (χ1v) is 7.11. The van der Waals surface area contributed by atoms with Crippen molar-refractivity contribution in [2.75, 3.05) is 6.54 Å². The number of ether oxygens (including phenoxy) is 1. The van der Waals surface area contributed by atoms with E-state index in [9.17, 15) is 0 Å². The lowest BCUT2D eigenvalue weighted by molar-refractivity contribution is 0.0459. The highest BCUT2D eigenvalue weighted by Gasteiger charge is 2.10. The largest absolute Gasteiger partial charge is 0.367 e. The van der Waals surface area contributed by atoms with Crippen molar-refractivity contribution in [3.63, 3.8) is 0 Å². The molecule has 2 nitrogen and oxygen atoms in total. The molecule has 0 bridgehead atoms. The van der Waals surface area contributed by atoms with Crippen LogP contribution in [0.3, 0.4) is 0 Å². The number of hydrogen-bond acceptors (Lipinski definition) is 3. The van der Waals surface area contributed by atoms with E-state index in [0.29, 0.717) is 13.2 Å². The standard InChI is InChI=1S/C13H14BrNOS/c14-12-3-1-10(2-4-12)8-16-13(7-15)11-5-6-17-9-11/h1-6,9,13H,7-8,15H2. The fraction of sp³-hybridized carbons (Fsp3) is 0.231. The molecule has 2 N–H and O–H groups in total. The second-order valence-corrected chi connectivity index (χ2v) is 5.41. The number of rotatable bonds is 5. The summed E-state index contributed by atoms with van der Waals surface area (Å²) < 4.78 is 6.91. The molecule has 0 aliphatic carbocycles. The minimum Gasteiger partial charge on any atom is -0.367 e. The number of benzene rings is 1. The van der Waals surface area contributed by atoms with Gasteiger partial charge in [0.05, 0.1) is 12.7 Å². The molecule has 1 aromatic carbocycles. The molecule has 4 heteroatoms. The van der Waals surface area contributed by atoms with Gasteiger partial charge >= 0.3 is 0 Å². The van der Waals surface area contributed by atoms with Crippen molar-refractivity contribution in [2.45, 2.75) is 12.7 Å². The molecule has 1 heterocycles. The van der Waals surface area contributed by atoms with Crippen LogP contribution < -0.4 is 5.73 Å². The summed E-state index contributed by atoms with van der Waals surface area (Å²) in [4.78, 5) is 0. The molecular weight excluding hydrogens is 298 g/mol. The van der Waals surface area contributed by atoms with Crippen molar-refractivity contribution in [2.24, 2.45) is 5.73 Å². The predicted molar refractivity (Wildman–Crippen MR) is 75.0 cm³/mol. The summed E-state index contributed by atoms with van der Waals surface area (Å²) in [6, 6.07) is 10.2. The molecule has 0 fully saturated rings. The molecule has 2 aromatic rings. The van der Waals surface area contributed by atoms with Crippen molar-refractivity contribution in [3.8, 4) is 0 Å². The molecule has 2 rings (SSSR count). The Morgan fingerprint density at radius 1 is 1.24 bits per heavy atom. The highest BCUT2D eigenvalue weighted by molar-refractivity contribution is 9.10. The maximum absolute atomic E-state index is 5.83. The number of nitrogens with two attached hydrogens (primary N) is 1. The molecule has 1 atom stereocenters. The molecule has 1 aromatic heterocycles. The molecule has 0 aliphatic rings. The van der Waals surface area contributed by atoms with Crippen LogP contribution in [0.25, 0.3) is 0 Å². The van der Waals surface area contributed by atoms with E-state index in [1.807, 2.05) is 29.6 Å². The van der Waals surface area contributed by atoms with Crippen LogP contribution in [0.15, 0.2) is 45.6 Å². The lowest BCUT2D eigenvalue weighted by Crippen LogP contribution is -2.15. The molecule has 17 heavy (non-hydrogen) atoms. The molecule has 0 spiro atoms. The molecular formula is C13H14BrNOS. The smallest absolute Gasteiger partial charge is 0.0959 e. The van der Waals surface area contributed by atoms with Crippen molar-refractivity contribution in [1.29, 1.82) is 0 Å². The molecule has 0 radical (unpaired) electrons. The second-order valence-electron chi connectivity index (χ2n) is 3.72. The maximum Gasteiger partial charge on any atom is 0.0959 e. The molecule has 1 unspecified atom stereocenters. The van der Waals surface area contributed by atoms with Gasteiger partial charge in [0, 0.05) is 11.0 Å². The van der Waals surface area contributed by atoms with Crippen LogP contribution in [-0.2, 0) is 11.3 Å². The summed E-state index contributed by atoms with van der Waals surface area (Å²) in [5.41, 5.74) is 8.04. The Kier molecular flexibility index (Phi) is 4.74. The van der Waals surface area contributed by atoms with E-state index in [-0.39, 0.29) is 6.10 Å². The Labute approximate surface area is 114 Å². The van der Waals surface area contributed by atoms with Gasteiger partial charge in [-0.3, -0.25) is 0 Å². The van der Waals surface area contributed by atoms with E-state index in [1.165, 1.54) is 0 Å². The Bertz CT molecular complexity index is 441. The van der Waals surface area contributed by atoms with E-state index in [1.54, 1.807) is 11.3 Å². The van der Waals surface area contributed by atoms with Crippen LogP contribution in [0.1, 0.15) is 17.2 Å². The van der Waals surface area contributed by atoms with Gasteiger partial charge in [0.1, 0.15) is 0 Å². The third-order valence-corrected chi connectivity index (χ3v) is 3.72. The fourth-order valence-corrected chi connectivity index (χ4v) is 2.50. The third-order valence-electron chi connectivity index (χ3n) is 2.49. The second kappa shape index (κ2) is 6.31. The van der Waals surface area contributed by atoms with Crippen LogP contribution in [0.2, 0.25) is 0 Å². The zero-order valence-electron chi connectivity index (χ0n) is 9.30. The van der Waals surface area contributed by atoms with Gasteiger partial charge in [-0.1, -0.05) is 28.1 Å². The van der Waals surface area contributed by atoms with Crippen LogP contribution in [0.5, 0.6) is 0 Å². The molecule has 90 valence electrons. The Morgan fingerprint density at radius 2 is 2.00 bits per heavy atom. The first-order chi connectivity index (χ1) is 8.29. The predicted octanol–water partition coefficient (Wildman–Crippen LogP) is 3.73. The fourth-order valence-electron chi connectivity index (χ4n) is 1.54. The summed E-state index contributed by atoms with van der Waals surface area (Å²) in [5, 5.41) is 4.13. The first kappa shape index (κ1) is 12.8. The zero-order chi connectivity index (χ0) is 12.1. The van der Waals surface area contributed by atoms with Gasteiger partial charge in [-0.25, -0.2) is 0 Å². The van der Waals surface area contributed by atoms with E-state index in [4.69, 9.17) is 10.5 Å². The Morgan fingerprint density at radius 3 is 2.59 bits per heavy atom. The Balaban J connectivity index is 1.94. The van der Waals surface area contributed by atoms with E-state index >= 15 is 0 Å². The summed E-state index contributed by atoms with van der Waals surface area (Å²) in [7, 11) is 0. The van der Waals surface area contributed by atoms with Gasteiger partial charge in [-0.05, 0) is 40.1 Å². The average molecular weight is 312 g/mol. The van der Waals surface area contributed by atoms with Crippen LogP contribution >= 0.6 is 27.3 Å². The summed E-state index contributed by atoms with van der Waals surface area (Å²) in [6.07, 6.45) is -0.00935. The van der Waals surface area contributed by atoms with Crippen LogP contribution in [0.4, 0.5) is 0 Å². The highest BCUT2D eigenvalue weighted by Crippen LogP contribution is 2.21. The van der Waals surface area contributed by atoms with Crippen molar-refractivity contribution in [1.82, 2.24) is 0 Å². The Hall–Kier alpha value is -0.680. The summed E-state index contributed by atoms with van der Waals surface area (Å²) in [6.45, 7) is 1.10. The van der Waals surface area contributed by atoms with Gasteiger partial charge in [0.15, 0.2) is 0 Å². The van der Waals surface area contributed by atoms with Gasteiger partial charge < -0.3 is 10.5 Å². The summed E-state index contributed by atoms with van der Waals surface area (Å²) >= 11 is 5.08. The van der Waals surface area contributed by atoms with E-state index < -0.39 is 0 Å². The van der Waals surface area contributed by atoms with E-state index in [2.05, 4.69) is 27.4 Å². The maximum atomic E-state index is 5.83. The third kappa shape index (κ3) is 3.64. The number of halogens is 1. The van der Waals surface area contributed by atoms with Crippen LogP contribution in [-0.4, -0.2) is 6.54 Å². The lowest BCUT2D eigenvalue weighted by atomic mass is 10.2. The minimum absolute atomic E-state index is 0.00935. The van der Waals surface area contributed by atoms with Gasteiger partial charge in [-0.15, -0.1) is 0 Å². The number of thiophene rings is 1. The highest BCUT2D eigenvalue weighted by atomic mass is 79.9. The quantitative estimate of drug-likeness (QED) is 0.913. The lowest BCUT2D eigenvalue weighted by Gasteiger charge is -2.14. The zero-order valence-corrected chi connectivity index (χ0v) is 11.7. The van der Waals surface area contributed by atoms with Gasteiger partial charge in [-0.2, -0.15) is 11.3 Å². The average Bonchev–Trinajstić information content (AvgIpc) is 2.86. The monoisotopic (exact) mass is 311 g/mol. The summed E-state index contributed by atoms with van der Waals surface area (Å²) in [5.74, 6) is 0. The van der Waals surface area contributed by atoms with Crippen molar-refractivity contribution < 1.29 is 4.74 Å². The van der Waals surface area contributed by atoms with Gasteiger partial charge in [0.25, 0.3) is 0 Å². The van der Waals surface area contributed by atoms with E-state index in [0.717, 1.165) is 15.6 Å². The van der Waals surface area contributed by atoms with Crippen molar-refractivity contribution >= 4 is 27.3 Å². The first-order valence-electron chi connectivity index (χ1n) is 5.38. The van der Waals surface area contributed by atoms with Crippen LogP contribution in [0, 0.1) is 0 Å². The molecule has 0 saturated heterocycles. The SMILES string of the molecule is NCC(OCc1ccc(Br)cc1)c1ccsc1. The molecule has 0 aliphatic heterocycles. The van der Waals surface area contributed by atoms with Crippen molar-refractivity contribution in [3.05, 3.63) is 56.7 Å². The topological polar surface area (TPSA) is 35.2 Å². The minimum atomic E-state index is -0.00935. The molecule has 0 amide bonds. The normalized spacial score (nSPS) is 12.6. The molecule has 0 saturated carbocycles. The number of hydrogen-bond donors (Lipinski definition) is 1.